The van der Waals surface area contributed by atoms with Crippen LogP contribution in [0.5, 0.6) is 5.75 Å². The van der Waals surface area contributed by atoms with Crippen molar-refractivity contribution in [1.82, 2.24) is 0 Å². The van der Waals surface area contributed by atoms with E-state index in [1.54, 1.807) is 6.07 Å². The highest BCUT2D eigenvalue weighted by Crippen LogP contribution is 2.31. The van der Waals surface area contributed by atoms with E-state index >= 15 is 0 Å². The Morgan fingerprint density at radius 2 is 1.96 bits per heavy atom. The summed E-state index contributed by atoms with van der Waals surface area (Å²) < 4.78 is 24.6. The molecular formula is C20H21FO4. The van der Waals surface area contributed by atoms with Crippen LogP contribution in [-0.2, 0) is 16.0 Å². The van der Waals surface area contributed by atoms with Gasteiger partial charge in [-0.05, 0) is 35.7 Å². The molecule has 0 atom stereocenters. The number of hydrogen-bond donors (Lipinski definition) is 1. The SMILES string of the molecule is C=CC(=O)OCCc1cc(OCCO)c(F)cc1-c1ccc(C)cc1. The Hall–Kier alpha value is -2.66. The van der Waals surface area contributed by atoms with Crippen LogP contribution in [-0.4, -0.2) is 30.9 Å². The molecule has 0 saturated heterocycles. The van der Waals surface area contributed by atoms with E-state index in [0.717, 1.165) is 22.8 Å². The van der Waals surface area contributed by atoms with Crippen LogP contribution in [0.2, 0.25) is 0 Å². The molecule has 0 aliphatic rings. The van der Waals surface area contributed by atoms with Gasteiger partial charge in [0.15, 0.2) is 11.6 Å². The number of hydrogen-bond acceptors (Lipinski definition) is 4. The highest BCUT2D eigenvalue weighted by Gasteiger charge is 2.13. The molecule has 4 nitrogen and oxygen atoms in total. The molecule has 0 aliphatic heterocycles. The zero-order valence-electron chi connectivity index (χ0n) is 14.1. The Labute approximate surface area is 146 Å². The summed E-state index contributed by atoms with van der Waals surface area (Å²) in [6, 6.07) is 10.7. The number of carbonyl (C=O) groups is 1. The van der Waals surface area contributed by atoms with Gasteiger partial charge in [-0.25, -0.2) is 9.18 Å². The molecule has 25 heavy (non-hydrogen) atoms. The number of carbonyl (C=O) groups excluding carboxylic acids is 1. The van der Waals surface area contributed by atoms with Crippen molar-refractivity contribution in [2.24, 2.45) is 0 Å². The standard InChI is InChI=1S/C20H21FO4/c1-3-20(23)25-10-8-16-12-19(24-11-9-22)18(21)13-17(16)15-6-4-14(2)5-7-15/h3-7,12-13,22H,1,8-11H2,2H3. The lowest BCUT2D eigenvalue weighted by atomic mass is 9.96. The summed E-state index contributed by atoms with van der Waals surface area (Å²) in [4.78, 5) is 11.2. The molecule has 0 fully saturated rings. The molecule has 0 aromatic heterocycles. The molecule has 0 amide bonds. The predicted molar refractivity (Wildman–Crippen MR) is 94.0 cm³/mol. The highest BCUT2D eigenvalue weighted by molar-refractivity contribution is 5.81. The van der Waals surface area contributed by atoms with Gasteiger partial charge in [-0.1, -0.05) is 36.4 Å². The van der Waals surface area contributed by atoms with Gasteiger partial charge in [0, 0.05) is 12.5 Å². The number of ether oxygens (including phenoxy) is 2. The molecule has 2 aromatic carbocycles. The van der Waals surface area contributed by atoms with E-state index in [9.17, 15) is 9.18 Å². The van der Waals surface area contributed by atoms with Gasteiger partial charge < -0.3 is 14.6 Å². The van der Waals surface area contributed by atoms with E-state index in [1.807, 2.05) is 31.2 Å². The van der Waals surface area contributed by atoms with Crippen molar-refractivity contribution in [1.29, 1.82) is 0 Å². The molecule has 0 radical (unpaired) electrons. The van der Waals surface area contributed by atoms with Gasteiger partial charge in [0.1, 0.15) is 6.61 Å². The minimum absolute atomic E-state index is 0.00564. The molecule has 132 valence electrons. The first kappa shape index (κ1) is 18.7. The topological polar surface area (TPSA) is 55.8 Å². The van der Waals surface area contributed by atoms with Gasteiger partial charge in [-0.15, -0.1) is 0 Å². The number of esters is 1. The Balaban J connectivity index is 2.34. The third-order valence-electron chi connectivity index (χ3n) is 3.65. The smallest absolute Gasteiger partial charge is 0.330 e. The lowest BCUT2D eigenvalue weighted by molar-refractivity contribution is -0.137. The summed E-state index contributed by atoms with van der Waals surface area (Å²) in [5.74, 6) is -0.943. The first-order valence-corrected chi connectivity index (χ1v) is 7.97. The Kier molecular flexibility index (Phi) is 6.71. The number of aryl methyl sites for hydroxylation is 1. The van der Waals surface area contributed by atoms with Gasteiger partial charge in [0.25, 0.3) is 0 Å². The van der Waals surface area contributed by atoms with Gasteiger partial charge in [-0.3, -0.25) is 0 Å². The molecule has 0 aliphatic carbocycles. The molecule has 0 saturated carbocycles. The third kappa shape index (κ3) is 5.16. The zero-order chi connectivity index (χ0) is 18.2. The van der Waals surface area contributed by atoms with Crippen LogP contribution in [0, 0.1) is 12.7 Å². The monoisotopic (exact) mass is 344 g/mol. The fraction of sp³-hybridized carbons (Fsp3) is 0.250. The highest BCUT2D eigenvalue weighted by atomic mass is 19.1. The normalized spacial score (nSPS) is 10.4. The van der Waals surface area contributed by atoms with E-state index in [2.05, 4.69) is 6.58 Å². The lowest BCUT2D eigenvalue weighted by Crippen LogP contribution is -2.07. The predicted octanol–water partition coefficient (Wildman–Crippen LogP) is 3.44. The average molecular weight is 344 g/mol. The minimum Gasteiger partial charge on any atom is -0.488 e. The number of halogens is 1. The van der Waals surface area contributed by atoms with Crippen molar-refractivity contribution < 1.29 is 23.8 Å². The van der Waals surface area contributed by atoms with Crippen LogP contribution in [0.3, 0.4) is 0 Å². The summed E-state index contributed by atoms with van der Waals surface area (Å²) in [6.07, 6.45) is 1.50. The van der Waals surface area contributed by atoms with E-state index in [1.165, 1.54) is 6.07 Å². The maximum atomic E-state index is 14.3. The summed E-state index contributed by atoms with van der Waals surface area (Å²) in [6.45, 7) is 5.28. The number of benzene rings is 2. The first-order chi connectivity index (χ1) is 12.0. The molecule has 0 heterocycles. The molecule has 0 bridgehead atoms. The Bertz CT molecular complexity index is 738. The Morgan fingerprint density at radius 1 is 1.24 bits per heavy atom. The van der Waals surface area contributed by atoms with E-state index < -0.39 is 11.8 Å². The number of aliphatic hydroxyl groups is 1. The maximum absolute atomic E-state index is 14.3. The number of rotatable bonds is 8. The Morgan fingerprint density at radius 3 is 2.60 bits per heavy atom. The summed E-state index contributed by atoms with van der Waals surface area (Å²) >= 11 is 0. The van der Waals surface area contributed by atoms with Crippen LogP contribution in [0.25, 0.3) is 11.1 Å². The molecule has 1 N–H and O–H groups in total. The van der Waals surface area contributed by atoms with Crippen LogP contribution in [0.1, 0.15) is 11.1 Å². The fourth-order valence-corrected chi connectivity index (χ4v) is 2.39. The van der Waals surface area contributed by atoms with Gasteiger partial charge in [0.2, 0.25) is 0 Å². The number of aliphatic hydroxyl groups excluding tert-OH is 1. The fourth-order valence-electron chi connectivity index (χ4n) is 2.39. The van der Waals surface area contributed by atoms with E-state index in [4.69, 9.17) is 14.6 Å². The van der Waals surface area contributed by atoms with Crippen molar-refractivity contribution in [3.63, 3.8) is 0 Å². The zero-order valence-corrected chi connectivity index (χ0v) is 14.1. The maximum Gasteiger partial charge on any atom is 0.330 e. The first-order valence-electron chi connectivity index (χ1n) is 7.97. The van der Waals surface area contributed by atoms with E-state index in [0.29, 0.717) is 12.0 Å². The molecule has 2 rings (SSSR count). The summed E-state index contributed by atoms with van der Waals surface area (Å²) in [5.41, 5.74) is 3.47. The molecule has 0 spiro atoms. The van der Waals surface area contributed by atoms with Crippen molar-refractivity contribution in [2.45, 2.75) is 13.3 Å². The largest absolute Gasteiger partial charge is 0.488 e. The van der Waals surface area contributed by atoms with Crippen molar-refractivity contribution in [2.75, 3.05) is 19.8 Å². The van der Waals surface area contributed by atoms with E-state index in [-0.39, 0.29) is 25.6 Å². The van der Waals surface area contributed by atoms with Crippen molar-refractivity contribution >= 4 is 5.97 Å². The van der Waals surface area contributed by atoms with Crippen molar-refractivity contribution in [3.05, 3.63) is 66.0 Å². The van der Waals surface area contributed by atoms with Crippen LogP contribution >= 0.6 is 0 Å². The van der Waals surface area contributed by atoms with Gasteiger partial charge in [0.05, 0.1) is 13.2 Å². The quantitative estimate of drug-likeness (QED) is 0.589. The minimum atomic E-state index is -0.504. The summed E-state index contributed by atoms with van der Waals surface area (Å²) in [7, 11) is 0. The second-order valence-electron chi connectivity index (χ2n) is 5.50. The second-order valence-corrected chi connectivity index (χ2v) is 5.50. The van der Waals surface area contributed by atoms with Crippen LogP contribution in [0.15, 0.2) is 49.1 Å². The molecule has 5 heteroatoms. The van der Waals surface area contributed by atoms with Gasteiger partial charge >= 0.3 is 5.97 Å². The lowest BCUT2D eigenvalue weighted by Gasteiger charge is -2.14. The third-order valence-corrected chi connectivity index (χ3v) is 3.65. The van der Waals surface area contributed by atoms with Crippen molar-refractivity contribution in [3.8, 4) is 16.9 Å². The molecule has 2 aromatic rings. The average Bonchev–Trinajstić information content (AvgIpc) is 2.62. The molecule has 0 unspecified atom stereocenters. The summed E-state index contributed by atoms with van der Waals surface area (Å²) in [5, 5.41) is 8.86. The molecular weight excluding hydrogens is 323 g/mol. The van der Waals surface area contributed by atoms with Crippen LogP contribution in [0.4, 0.5) is 4.39 Å². The van der Waals surface area contributed by atoms with Gasteiger partial charge in [-0.2, -0.15) is 0 Å². The van der Waals surface area contributed by atoms with Crippen LogP contribution < -0.4 is 4.74 Å². The second kappa shape index (κ2) is 8.99.